The molecule has 0 bridgehead atoms. The lowest BCUT2D eigenvalue weighted by Gasteiger charge is -2.08. The molecule has 0 aliphatic heterocycles. The SMILES string of the molecule is CCOC(=O)Oc1ccc(C(=O)Nc2ccc(CNC(=O)C3CC3)cc2)cc1. The summed E-state index contributed by atoms with van der Waals surface area (Å²) in [5.74, 6) is 0.311. The van der Waals surface area contributed by atoms with Gasteiger partial charge in [-0.1, -0.05) is 12.1 Å². The molecule has 0 aromatic heterocycles. The molecule has 1 aliphatic rings. The van der Waals surface area contributed by atoms with Crippen LogP contribution in [0.2, 0.25) is 0 Å². The molecule has 0 heterocycles. The van der Waals surface area contributed by atoms with E-state index in [1.54, 1.807) is 31.2 Å². The van der Waals surface area contributed by atoms with Crippen LogP contribution < -0.4 is 15.4 Å². The van der Waals surface area contributed by atoms with Gasteiger partial charge in [-0.25, -0.2) is 4.79 Å². The Labute approximate surface area is 163 Å². The number of carbonyl (C=O) groups excluding carboxylic acids is 3. The predicted octanol–water partition coefficient (Wildman–Crippen LogP) is 3.50. The molecule has 146 valence electrons. The van der Waals surface area contributed by atoms with Crippen LogP contribution in [-0.4, -0.2) is 24.6 Å². The molecular formula is C21H22N2O5. The molecule has 0 unspecified atom stereocenters. The Balaban J connectivity index is 1.50. The van der Waals surface area contributed by atoms with Crippen molar-refractivity contribution in [3.63, 3.8) is 0 Å². The van der Waals surface area contributed by atoms with Gasteiger partial charge >= 0.3 is 6.16 Å². The molecule has 0 spiro atoms. The molecule has 28 heavy (non-hydrogen) atoms. The van der Waals surface area contributed by atoms with E-state index in [1.165, 1.54) is 12.1 Å². The lowest BCUT2D eigenvalue weighted by molar-refractivity contribution is -0.122. The number of carbonyl (C=O) groups is 3. The van der Waals surface area contributed by atoms with Crippen LogP contribution in [0.15, 0.2) is 48.5 Å². The topological polar surface area (TPSA) is 93.7 Å². The van der Waals surface area contributed by atoms with E-state index in [-0.39, 0.29) is 24.3 Å². The molecule has 2 amide bonds. The van der Waals surface area contributed by atoms with Gasteiger partial charge in [-0.2, -0.15) is 0 Å². The van der Waals surface area contributed by atoms with E-state index in [0.29, 0.717) is 23.5 Å². The van der Waals surface area contributed by atoms with Crippen molar-refractivity contribution in [3.05, 3.63) is 59.7 Å². The van der Waals surface area contributed by atoms with E-state index in [4.69, 9.17) is 9.47 Å². The fourth-order valence-corrected chi connectivity index (χ4v) is 2.51. The Bertz CT molecular complexity index is 842. The van der Waals surface area contributed by atoms with Crippen molar-refractivity contribution >= 4 is 23.7 Å². The van der Waals surface area contributed by atoms with Gasteiger partial charge in [0.05, 0.1) is 6.61 Å². The standard InChI is InChI=1S/C21H22N2O5/c1-2-27-21(26)28-18-11-7-16(8-12-18)20(25)23-17-9-3-14(4-10-17)13-22-19(24)15-5-6-15/h3-4,7-12,15H,2,5-6,13H2,1H3,(H,22,24)(H,23,25). The fourth-order valence-electron chi connectivity index (χ4n) is 2.51. The van der Waals surface area contributed by atoms with Crippen LogP contribution in [0.3, 0.4) is 0 Å². The van der Waals surface area contributed by atoms with Gasteiger partial charge in [0.1, 0.15) is 5.75 Å². The maximum absolute atomic E-state index is 12.3. The average Bonchev–Trinajstić information content (AvgIpc) is 3.53. The largest absolute Gasteiger partial charge is 0.513 e. The van der Waals surface area contributed by atoms with Gasteiger partial charge in [-0.15, -0.1) is 0 Å². The van der Waals surface area contributed by atoms with Crippen molar-refractivity contribution < 1.29 is 23.9 Å². The summed E-state index contributed by atoms with van der Waals surface area (Å²) in [5.41, 5.74) is 2.04. The van der Waals surface area contributed by atoms with Crippen LogP contribution in [0.5, 0.6) is 5.75 Å². The first-order valence-corrected chi connectivity index (χ1v) is 9.18. The van der Waals surface area contributed by atoms with Crippen molar-refractivity contribution in [2.75, 3.05) is 11.9 Å². The number of ether oxygens (including phenoxy) is 2. The van der Waals surface area contributed by atoms with Gasteiger partial charge in [0.25, 0.3) is 5.91 Å². The van der Waals surface area contributed by atoms with Crippen molar-refractivity contribution in [2.24, 2.45) is 5.92 Å². The molecule has 0 saturated heterocycles. The van der Waals surface area contributed by atoms with Gasteiger partial charge in [-0.05, 0) is 61.7 Å². The minimum Gasteiger partial charge on any atom is -0.434 e. The molecule has 7 nitrogen and oxygen atoms in total. The summed E-state index contributed by atoms with van der Waals surface area (Å²) < 4.78 is 9.65. The van der Waals surface area contributed by atoms with Gasteiger partial charge in [0.2, 0.25) is 5.91 Å². The first kappa shape index (κ1) is 19.4. The van der Waals surface area contributed by atoms with E-state index in [1.807, 2.05) is 12.1 Å². The molecule has 3 rings (SSSR count). The zero-order valence-electron chi connectivity index (χ0n) is 15.6. The minimum absolute atomic E-state index is 0.104. The van der Waals surface area contributed by atoms with Crippen LogP contribution in [0, 0.1) is 5.92 Å². The highest BCUT2D eigenvalue weighted by atomic mass is 16.7. The van der Waals surface area contributed by atoms with Crippen LogP contribution in [0.4, 0.5) is 10.5 Å². The van der Waals surface area contributed by atoms with Crippen molar-refractivity contribution in [3.8, 4) is 5.75 Å². The summed E-state index contributed by atoms with van der Waals surface area (Å²) in [7, 11) is 0. The lowest BCUT2D eigenvalue weighted by Crippen LogP contribution is -2.24. The van der Waals surface area contributed by atoms with E-state index in [0.717, 1.165) is 18.4 Å². The first-order chi connectivity index (χ1) is 13.5. The Morgan fingerprint density at radius 2 is 1.68 bits per heavy atom. The summed E-state index contributed by atoms with van der Waals surface area (Å²) in [4.78, 5) is 35.3. The maximum Gasteiger partial charge on any atom is 0.513 e. The van der Waals surface area contributed by atoms with Crippen molar-refractivity contribution in [2.45, 2.75) is 26.3 Å². The average molecular weight is 382 g/mol. The van der Waals surface area contributed by atoms with E-state index in [2.05, 4.69) is 10.6 Å². The highest BCUT2D eigenvalue weighted by molar-refractivity contribution is 6.04. The molecule has 1 saturated carbocycles. The molecule has 1 aliphatic carbocycles. The summed E-state index contributed by atoms with van der Waals surface area (Å²) in [5, 5.41) is 5.70. The molecule has 0 radical (unpaired) electrons. The lowest BCUT2D eigenvalue weighted by atomic mass is 10.1. The Morgan fingerprint density at radius 3 is 2.29 bits per heavy atom. The summed E-state index contributed by atoms with van der Waals surface area (Å²) >= 11 is 0. The van der Waals surface area contributed by atoms with Gasteiger partial charge in [0.15, 0.2) is 0 Å². The third-order valence-corrected chi connectivity index (χ3v) is 4.21. The first-order valence-electron chi connectivity index (χ1n) is 9.18. The number of rotatable bonds is 7. The fraction of sp³-hybridized carbons (Fsp3) is 0.286. The summed E-state index contributed by atoms with van der Waals surface area (Å²) in [6.07, 6.45) is 1.17. The molecule has 2 N–H and O–H groups in total. The molecule has 1 fully saturated rings. The zero-order valence-corrected chi connectivity index (χ0v) is 15.6. The van der Waals surface area contributed by atoms with Crippen LogP contribution in [-0.2, 0) is 16.1 Å². The predicted molar refractivity (Wildman–Crippen MR) is 103 cm³/mol. The smallest absolute Gasteiger partial charge is 0.434 e. The highest BCUT2D eigenvalue weighted by Crippen LogP contribution is 2.28. The monoisotopic (exact) mass is 382 g/mol. The van der Waals surface area contributed by atoms with Crippen LogP contribution >= 0.6 is 0 Å². The van der Waals surface area contributed by atoms with E-state index in [9.17, 15) is 14.4 Å². The summed E-state index contributed by atoms with van der Waals surface area (Å²) in [6, 6.07) is 13.5. The quantitative estimate of drug-likeness (QED) is 0.565. The van der Waals surface area contributed by atoms with Crippen molar-refractivity contribution in [1.82, 2.24) is 5.32 Å². The van der Waals surface area contributed by atoms with E-state index < -0.39 is 6.16 Å². The van der Waals surface area contributed by atoms with Crippen LogP contribution in [0.1, 0.15) is 35.7 Å². The number of hydrogen-bond acceptors (Lipinski definition) is 5. The minimum atomic E-state index is -0.784. The Morgan fingerprint density at radius 1 is 1.00 bits per heavy atom. The normalized spacial score (nSPS) is 12.8. The number of benzene rings is 2. The highest BCUT2D eigenvalue weighted by Gasteiger charge is 2.29. The van der Waals surface area contributed by atoms with Crippen molar-refractivity contribution in [1.29, 1.82) is 0 Å². The van der Waals surface area contributed by atoms with Crippen LogP contribution in [0.25, 0.3) is 0 Å². The second-order valence-electron chi connectivity index (χ2n) is 6.45. The number of amides is 2. The Hall–Kier alpha value is -3.35. The zero-order chi connectivity index (χ0) is 19.9. The third kappa shape index (κ3) is 5.57. The Kier molecular flexibility index (Phi) is 6.26. The maximum atomic E-state index is 12.3. The van der Waals surface area contributed by atoms with Gasteiger partial charge < -0.3 is 20.1 Å². The number of nitrogens with one attached hydrogen (secondary N) is 2. The molecule has 7 heteroatoms. The number of hydrogen-bond donors (Lipinski definition) is 2. The summed E-state index contributed by atoms with van der Waals surface area (Å²) in [6.45, 7) is 2.39. The second kappa shape index (κ2) is 9.03. The third-order valence-electron chi connectivity index (χ3n) is 4.21. The van der Waals surface area contributed by atoms with Gasteiger partial charge in [-0.3, -0.25) is 9.59 Å². The second-order valence-corrected chi connectivity index (χ2v) is 6.45. The van der Waals surface area contributed by atoms with E-state index >= 15 is 0 Å². The molecule has 2 aromatic carbocycles. The number of anilines is 1. The molecule has 2 aromatic rings. The molecular weight excluding hydrogens is 360 g/mol. The van der Waals surface area contributed by atoms with Gasteiger partial charge in [0, 0.05) is 23.7 Å². The molecule has 0 atom stereocenters.